The number of hydrogen-bond acceptors (Lipinski definition) is 2. The highest BCUT2D eigenvalue weighted by molar-refractivity contribution is 5.49. The van der Waals surface area contributed by atoms with Crippen LogP contribution in [0.25, 0.3) is 0 Å². The van der Waals surface area contributed by atoms with Crippen LogP contribution in [0.4, 0.5) is 10.1 Å². The van der Waals surface area contributed by atoms with Gasteiger partial charge in [0.2, 0.25) is 0 Å². The minimum Gasteiger partial charge on any atom is -0.371 e. The zero-order valence-electron chi connectivity index (χ0n) is 11.7. The molecule has 2 saturated carbocycles. The summed E-state index contributed by atoms with van der Waals surface area (Å²) in [6.07, 6.45) is 5.21. The number of rotatable bonds is 7. The smallest absolute Gasteiger partial charge is 0.125 e. The van der Waals surface area contributed by atoms with E-state index < -0.39 is 0 Å². The normalized spacial score (nSPS) is 18.6. The van der Waals surface area contributed by atoms with Crippen LogP contribution in [0.2, 0.25) is 0 Å². The molecule has 1 aromatic carbocycles. The minimum absolute atomic E-state index is 0.112. The van der Waals surface area contributed by atoms with Crippen molar-refractivity contribution in [2.45, 2.75) is 45.2 Å². The molecule has 2 nitrogen and oxygen atoms in total. The van der Waals surface area contributed by atoms with E-state index in [4.69, 9.17) is 0 Å². The van der Waals surface area contributed by atoms with Crippen LogP contribution in [0.3, 0.4) is 0 Å². The van der Waals surface area contributed by atoms with Crippen molar-refractivity contribution in [3.8, 4) is 0 Å². The first kappa shape index (κ1) is 12.9. The van der Waals surface area contributed by atoms with Crippen LogP contribution < -0.4 is 10.2 Å². The third-order valence-electron chi connectivity index (χ3n) is 4.04. The zero-order valence-corrected chi connectivity index (χ0v) is 11.7. The van der Waals surface area contributed by atoms with E-state index in [1.165, 1.54) is 25.7 Å². The summed E-state index contributed by atoms with van der Waals surface area (Å²) in [6.45, 7) is 4.97. The quantitative estimate of drug-likeness (QED) is 0.811. The summed E-state index contributed by atoms with van der Waals surface area (Å²) >= 11 is 0. The number of hydrogen-bond donors (Lipinski definition) is 1. The van der Waals surface area contributed by atoms with Crippen LogP contribution in [0.1, 0.15) is 38.2 Å². The number of anilines is 1. The van der Waals surface area contributed by atoms with Crippen LogP contribution in [0.5, 0.6) is 0 Å². The molecule has 3 rings (SSSR count). The minimum atomic E-state index is -0.112. The second-order valence-electron chi connectivity index (χ2n) is 5.95. The predicted molar refractivity (Wildman–Crippen MR) is 76.9 cm³/mol. The van der Waals surface area contributed by atoms with Crippen molar-refractivity contribution in [1.82, 2.24) is 5.32 Å². The molecule has 3 heteroatoms. The fourth-order valence-corrected chi connectivity index (χ4v) is 2.50. The molecule has 0 saturated heterocycles. The maximum Gasteiger partial charge on any atom is 0.125 e. The van der Waals surface area contributed by atoms with E-state index in [0.29, 0.717) is 6.04 Å². The van der Waals surface area contributed by atoms with Crippen molar-refractivity contribution >= 4 is 5.69 Å². The van der Waals surface area contributed by atoms with Gasteiger partial charge in [-0.15, -0.1) is 0 Å². The Labute approximate surface area is 115 Å². The number of benzene rings is 1. The molecular weight excluding hydrogens is 239 g/mol. The summed E-state index contributed by atoms with van der Waals surface area (Å²) in [5.74, 6) is 0.718. The number of nitrogens with zero attached hydrogens (tertiary/aromatic N) is 1. The Balaban J connectivity index is 1.70. The first-order valence-corrected chi connectivity index (χ1v) is 7.52. The van der Waals surface area contributed by atoms with E-state index in [2.05, 4.69) is 23.2 Å². The Hall–Kier alpha value is -1.09. The van der Waals surface area contributed by atoms with E-state index in [0.717, 1.165) is 36.8 Å². The van der Waals surface area contributed by atoms with E-state index in [-0.39, 0.29) is 5.82 Å². The molecule has 0 aromatic heterocycles. The van der Waals surface area contributed by atoms with E-state index in [1.54, 1.807) is 12.1 Å². The van der Waals surface area contributed by atoms with Gasteiger partial charge in [0, 0.05) is 31.4 Å². The molecule has 104 valence electrons. The highest BCUT2D eigenvalue weighted by Crippen LogP contribution is 2.32. The second-order valence-corrected chi connectivity index (χ2v) is 5.95. The van der Waals surface area contributed by atoms with Gasteiger partial charge in [0.25, 0.3) is 0 Å². The summed E-state index contributed by atoms with van der Waals surface area (Å²) in [7, 11) is 0. The maximum atomic E-state index is 13.8. The summed E-state index contributed by atoms with van der Waals surface area (Å²) in [5.41, 5.74) is 2.11. The third kappa shape index (κ3) is 3.69. The van der Waals surface area contributed by atoms with Gasteiger partial charge in [0.05, 0.1) is 0 Å². The van der Waals surface area contributed by atoms with E-state index in [1.807, 2.05) is 0 Å². The van der Waals surface area contributed by atoms with Gasteiger partial charge < -0.3 is 10.2 Å². The van der Waals surface area contributed by atoms with Crippen LogP contribution in [-0.4, -0.2) is 19.1 Å². The molecule has 1 aromatic rings. The van der Waals surface area contributed by atoms with E-state index >= 15 is 0 Å². The van der Waals surface area contributed by atoms with E-state index in [9.17, 15) is 4.39 Å². The highest BCUT2D eigenvalue weighted by atomic mass is 19.1. The molecule has 0 amide bonds. The predicted octanol–water partition coefficient (Wildman–Crippen LogP) is 3.31. The molecular formula is C16H23FN2. The van der Waals surface area contributed by atoms with Crippen LogP contribution in [-0.2, 0) is 6.54 Å². The Morgan fingerprint density at radius 3 is 2.63 bits per heavy atom. The van der Waals surface area contributed by atoms with Crippen LogP contribution >= 0.6 is 0 Å². The molecule has 2 fully saturated rings. The Morgan fingerprint density at radius 1 is 1.21 bits per heavy atom. The molecule has 0 aliphatic heterocycles. The second kappa shape index (κ2) is 5.49. The lowest BCUT2D eigenvalue weighted by Crippen LogP contribution is -2.25. The van der Waals surface area contributed by atoms with Gasteiger partial charge in [-0.2, -0.15) is 0 Å². The lowest BCUT2D eigenvalue weighted by molar-refractivity contribution is 0.617. The summed E-state index contributed by atoms with van der Waals surface area (Å²) in [4.78, 5) is 2.31. The van der Waals surface area contributed by atoms with Gasteiger partial charge in [-0.25, -0.2) is 4.39 Å². The average Bonchev–Trinajstić information content (AvgIpc) is 3.27. The molecule has 0 spiro atoms. The standard InChI is InChI=1S/C16H23FN2/c1-2-19(11-12-3-4-12)16-8-13(7-14(17)9-16)10-18-15-5-6-15/h7-9,12,15,18H,2-6,10-11H2,1H3. The molecule has 2 aliphatic rings. The Bertz CT molecular complexity index is 438. The van der Waals surface area contributed by atoms with Gasteiger partial charge in [-0.3, -0.25) is 0 Å². The summed E-state index contributed by atoms with van der Waals surface area (Å²) < 4.78 is 13.8. The number of halogens is 1. The summed E-state index contributed by atoms with van der Waals surface area (Å²) in [5, 5.41) is 3.45. The lowest BCUT2D eigenvalue weighted by atomic mass is 10.1. The van der Waals surface area contributed by atoms with Crippen molar-refractivity contribution in [2.75, 3.05) is 18.0 Å². The first-order valence-electron chi connectivity index (χ1n) is 7.52. The SMILES string of the molecule is CCN(CC1CC1)c1cc(F)cc(CNC2CC2)c1. The van der Waals surface area contributed by atoms with Crippen molar-refractivity contribution in [3.63, 3.8) is 0 Å². The third-order valence-corrected chi connectivity index (χ3v) is 4.04. The molecule has 0 unspecified atom stereocenters. The van der Waals surface area contributed by atoms with Gasteiger partial charge in [-0.1, -0.05) is 0 Å². The molecule has 2 aliphatic carbocycles. The van der Waals surface area contributed by atoms with Gasteiger partial charge in [0.15, 0.2) is 0 Å². The molecule has 0 atom stereocenters. The Morgan fingerprint density at radius 2 is 2.00 bits per heavy atom. The van der Waals surface area contributed by atoms with Crippen molar-refractivity contribution in [3.05, 3.63) is 29.6 Å². The summed E-state index contributed by atoms with van der Waals surface area (Å²) in [6, 6.07) is 6.14. The van der Waals surface area contributed by atoms with Gasteiger partial charge in [0.1, 0.15) is 5.82 Å². The molecule has 0 bridgehead atoms. The van der Waals surface area contributed by atoms with Crippen molar-refractivity contribution in [1.29, 1.82) is 0 Å². The monoisotopic (exact) mass is 262 g/mol. The zero-order chi connectivity index (χ0) is 13.2. The van der Waals surface area contributed by atoms with Gasteiger partial charge in [-0.05, 0) is 62.3 Å². The lowest BCUT2D eigenvalue weighted by Gasteiger charge is -2.24. The molecule has 0 heterocycles. The first-order chi connectivity index (χ1) is 9.24. The van der Waals surface area contributed by atoms with Crippen LogP contribution in [0, 0.1) is 11.7 Å². The molecule has 19 heavy (non-hydrogen) atoms. The van der Waals surface area contributed by atoms with Crippen LogP contribution in [0.15, 0.2) is 18.2 Å². The molecule has 1 N–H and O–H groups in total. The van der Waals surface area contributed by atoms with Gasteiger partial charge >= 0.3 is 0 Å². The topological polar surface area (TPSA) is 15.3 Å². The Kier molecular flexibility index (Phi) is 3.74. The van der Waals surface area contributed by atoms with Crippen molar-refractivity contribution in [2.24, 2.45) is 5.92 Å². The highest BCUT2D eigenvalue weighted by Gasteiger charge is 2.24. The maximum absolute atomic E-state index is 13.8. The fraction of sp³-hybridized carbons (Fsp3) is 0.625. The molecule has 0 radical (unpaired) electrons. The fourth-order valence-electron chi connectivity index (χ4n) is 2.50. The van der Waals surface area contributed by atoms with Crippen molar-refractivity contribution < 1.29 is 4.39 Å². The number of nitrogens with one attached hydrogen (secondary N) is 1. The largest absolute Gasteiger partial charge is 0.371 e. The average molecular weight is 262 g/mol.